The van der Waals surface area contributed by atoms with Crippen LogP contribution in [0.1, 0.15) is 34.3 Å². The van der Waals surface area contributed by atoms with E-state index in [2.05, 4.69) is 41.6 Å². The zero-order chi connectivity index (χ0) is 15.0. The zero-order valence-electron chi connectivity index (χ0n) is 12.5. The van der Waals surface area contributed by atoms with Crippen LogP contribution in [-0.2, 0) is 0 Å². The normalized spacial score (nSPS) is 12.8. The van der Waals surface area contributed by atoms with E-state index in [0.29, 0.717) is 0 Å². The van der Waals surface area contributed by atoms with Gasteiger partial charge in [0.25, 0.3) is 0 Å². The molecule has 1 atom stereocenters. The molecule has 3 aromatic rings. The van der Waals surface area contributed by atoms with Crippen molar-refractivity contribution in [1.82, 2.24) is 10.4 Å². The first-order valence-electron chi connectivity index (χ1n) is 6.99. The summed E-state index contributed by atoms with van der Waals surface area (Å²) in [4.78, 5) is 4.41. The lowest BCUT2D eigenvalue weighted by atomic mass is 9.95. The number of nitrogens with one attached hydrogen (secondary N) is 1. The highest BCUT2D eigenvalue weighted by Crippen LogP contribution is 2.31. The van der Waals surface area contributed by atoms with Gasteiger partial charge < -0.3 is 4.42 Å². The summed E-state index contributed by atoms with van der Waals surface area (Å²) in [6, 6.07) is 10.1. The predicted octanol–water partition coefficient (Wildman–Crippen LogP) is 3.31. The maximum absolute atomic E-state index is 5.82. The van der Waals surface area contributed by atoms with Gasteiger partial charge in [0.05, 0.1) is 11.6 Å². The number of hydrazine groups is 1. The van der Waals surface area contributed by atoms with E-state index in [1.165, 1.54) is 0 Å². The van der Waals surface area contributed by atoms with Crippen LogP contribution in [0.3, 0.4) is 0 Å². The van der Waals surface area contributed by atoms with Gasteiger partial charge in [-0.3, -0.25) is 10.8 Å². The Morgan fingerprint density at radius 3 is 2.62 bits per heavy atom. The number of rotatable bonds is 3. The molecule has 0 spiro atoms. The second-order valence-electron chi connectivity index (χ2n) is 5.31. The molecule has 0 radical (unpaired) electrons. The van der Waals surface area contributed by atoms with Crippen LogP contribution in [0.15, 0.2) is 40.9 Å². The molecule has 0 aliphatic heterocycles. The molecule has 0 fully saturated rings. The molecule has 4 nitrogen and oxygen atoms in total. The van der Waals surface area contributed by atoms with Crippen molar-refractivity contribution in [2.45, 2.75) is 26.8 Å². The third-order valence-electron chi connectivity index (χ3n) is 4.04. The summed E-state index contributed by atoms with van der Waals surface area (Å²) in [5.74, 6) is 7.65. The quantitative estimate of drug-likeness (QED) is 0.571. The van der Waals surface area contributed by atoms with Crippen molar-refractivity contribution in [3.05, 3.63) is 64.7 Å². The molecule has 2 aromatic heterocycles. The molecule has 108 valence electrons. The lowest BCUT2D eigenvalue weighted by molar-refractivity contribution is 0.494. The number of hydrogen-bond donors (Lipinski definition) is 2. The monoisotopic (exact) mass is 281 g/mol. The predicted molar refractivity (Wildman–Crippen MR) is 83.8 cm³/mol. The van der Waals surface area contributed by atoms with Gasteiger partial charge in [-0.1, -0.05) is 18.2 Å². The Labute approximate surface area is 124 Å². The molecule has 0 amide bonds. The Bertz CT molecular complexity index is 792. The van der Waals surface area contributed by atoms with Crippen LogP contribution in [0, 0.1) is 20.8 Å². The summed E-state index contributed by atoms with van der Waals surface area (Å²) in [6.07, 6.45) is 1.80. The number of fused-ring (bicyclic) bond motifs is 1. The minimum Gasteiger partial charge on any atom is -0.466 e. The number of pyridine rings is 1. The maximum Gasteiger partial charge on any atom is 0.106 e. The zero-order valence-corrected chi connectivity index (χ0v) is 12.5. The number of nitrogens with two attached hydrogens (primary N) is 1. The number of aryl methyl sites for hydroxylation is 2. The van der Waals surface area contributed by atoms with Crippen molar-refractivity contribution >= 4 is 10.9 Å². The Balaban J connectivity index is 2.13. The number of hydrogen-bond acceptors (Lipinski definition) is 4. The molecule has 21 heavy (non-hydrogen) atoms. The highest BCUT2D eigenvalue weighted by molar-refractivity contribution is 5.79. The van der Waals surface area contributed by atoms with Gasteiger partial charge >= 0.3 is 0 Å². The van der Waals surface area contributed by atoms with E-state index < -0.39 is 0 Å². The minimum absolute atomic E-state index is 0.103. The van der Waals surface area contributed by atoms with E-state index in [1.807, 2.05) is 19.9 Å². The maximum atomic E-state index is 5.82. The largest absolute Gasteiger partial charge is 0.466 e. The Morgan fingerprint density at radius 2 is 1.95 bits per heavy atom. The second kappa shape index (κ2) is 5.31. The van der Waals surface area contributed by atoms with Crippen molar-refractivity contribution in [3.8, 4) is 0 Å². The van der Waals surface area contributed by atoms with Gasteiger partial charge in [0.2, 0.25) is 0 Å². The molecule has 3 rings (SSSR count). The van der Waals surface area contributed by atoms with Crippen molar-refractivity contribution < 1.29 is 4.42 Å². The standard InChI is InChI=1S/C17H19N3O/c1-10-11(2)21-12(3)16(10)17(20-18)14-7-6-13-5-4-8-19-15(13)9-14/h4-9,17,20H,18H2,1-3H3. The molecular weight excluding hydrogens is 262 g/mol. The first-order chi connectivity index (χ1) is 10.1. The first kappa shape index (κ1) is 13.8. The van der Waals surface area contributed by atoms with Crippen LogP contribution >= 0.6 is 0 Å². The number of benzene rings is 1. The van der Waals surface area contributed by atoms with Crippen LogP contribution in [0.4, 0.5) is 0 Å². The molecule has 0 saturated heterocycles. The molecule has 1 aromatic carbocycles. The van der Waals surface area contributed by atoms with E-state index >= 15 is 0 Å². The summed E-state index contributed by atoms with van der Waals surface area (Å²) >= 11 is 0. The van der Waals surface area contributed by atoms with Gasteiger partial charge in [0.15, 0.2) is 0 Å². The van der Waals surface area contributed by atoms with Crippen LogP contribution in [-0.4, -0.2) is 4.98 Å². The Kier molecular flexibility index (Phi) is 3.49. The molecule has 2 heterocycles. The highest BCUT2D eigenvalue weighted by Gasteiger charge is 2.22. The summed E-state index contributed by atoms with van der Waals surface area (Å²) in [7, 11) is 0. The average molecular weight is 281 g/mol. The molecule has 0 bridgehead atoms. The second-order valence-corrected chi connectivity index (χ2v) is 5.31. The van der Waals surface area contributed by atoms with Gasteiger partial charge in [-0.25, -0.2) is 5.43 Å². The van der Waals surface area contributed by atoms with E-state index in [1.54, 1.807) is 6.20 Å². The highest BCUT2D eigenvalue weighted by atomic mass is 16.3. The van der Waals surface area contributed by atoms with E-state index in [9.17, 15) is 0 Å². The first-order valence-corrected chi connectivity index (χ1v) is 6.99. The van der Waals surface area contributed by atoms with Gasteiger partial charge in [0.1, 0.15) is 11.5 Å². The molecule has 0 aliphatic carbocycles. The molecule has 4 heteroatoms. The lowest BCUT2D eigenvalue weighted by Crippen LogP contribution is -2.29. The van der Waals surface area contributed by atoms with Crippen molar-refractivity contribution in [2.24, 2.45) is 5.84 Å². The fourth-order valence-electron chi connectivity index (χ4n) is 2.84. The Hall–Kier alpha value is -2.17. The minimum atomic E-state index is -0.103. The number of aromatic nitrogens is 1. The third kappa shape index (κ3) is 2.33. The topological polar surface area (TPSA) is 64.1 Å². The lowest BCUT2D eigenvalue weighted by Gasteiger charge is -2.17. The fourth-order valence-corrected chi connectivity index (χ4v) is 2.84. The molecule has 1 unspecified atom stereocenters. The van der Waals surface area contributed by atoms with Crippen molar-refractivity contribution in [3.63, 3.8) is 0 Å². The number of nitrogens with zero attached hydrogens (tertiary/aromatic N) is 1. The summed E-state index contributed by atoms with van der Waals surface area (Å²) < 4.78 is 5.73. The molecule has 0 aliphatic rings. The smallest absolute Gasteiger partial charge is 0.106 e. The fraction of sp³-hybridized carbons (Fsp3) is 0.235. The van der Waals surface area contributed by atoms with Crippen LogP contribution in [0.5, 0.6) is 0 Å². The van der Waals surface area contributed by atoms with Crippen LogP contribution < -0.4 is 11.3 Å². The van der Waals surface area contributed by atoms with Gasteiger partial charge in [-0.15, -0.1) is 0 Å². The van der Waals surface area contributed by atoms with Gasteiger partial charge in [0, 0.05) is 17.1 Å². The van der Waals surface area contributed by atoms with Gasteiger partial charge in [-0.2, -0.15) is 0 Å². The SMILES string of the molecule is Cc1oc(C)c(C(NN)c2ccc3cccnc3c2)c1C. The molecule has 0 saturated carbocycles. The molecular formula is C17H19N3O. The van der Waals surface area contributed by atoms with E-state index in [4.69, 9.17) is 10.3 Å². The third-order valence-corrected chi connectivity index (χ3v) is 4.04. The number of furan rings is 1. The average Bonchev–Trinajstić information content (AvgIpc) is 2.74. The van der Waals surface area contributed by atoms with E-state index in [-0.39, 0.29) is 6.04 Å². The summed E-state index contributed by atoms with van der Waals surface area (Å²) in [5.41, 5.74) is 7.19. The van der Waals surface area contributed by atoms with Crippen LogP contribution in [0.25, 0.3) is 10.9 Å². The van der Waals surface area contributed by atoms with Crippen LogP contribution in [0.2, 0.25) is 0 Å². The Morgan fingerprint density at radius 1 is 1.14 bits per heavy atom. The molecule has 3 N–H and O–H groups in total. The summed E-state index contributed by atoms with van der Waals surface area (Å²) in [5, 5.41) is 1.12. The van der Waals surface area contributed by atoms with Crippen molar-refractivity contribution in [1.29, 1.82) is 0 Å². The summed E-state index contributed by atoms with van der Waals surface area (Å²) in [6.45, 7) is 6.01. The van der Waals surface area contributed by atoms with Crippen molar-refractivity contribution in [2.75, 3.05) is 0 Å². The van der Waals surface area contributed by atoms with E-state index in [0.717, 1.165) is 39.1 Å². The van der Waals surface area contributed by atoms with Gasteiger partial charge in [-0.05, 0) is 44.0 Å².